The first-order chi connectivity index (χ1) is 10.0. The van der Waals surface area contributed by atoms with Gasteiger partial charge in [-0.1, -0.05) is 12.1 Å². The Morgan fingerprint density at radius 3 is 2.81 bits per heavy atom. The fourth-order valence-electron chi connectivity index (χ4n) is 1.83. The number of aromatic nitrogens is 2. The van der Waals surface area contributed by atoms with Crippen molar-refractivity contribution in [3.63, 3.8) is 0 Å². The van der Waals surface area contributed by atoms with Gasteiger partial charge in [0, 0.05) is 26.4 Å². The highest BCUT2D eigenvalue weighted by atomic mass is 16.6. The first-order valence-electron chi connectivity index (χ1n) is 6.18. The second-order valence-corrected chi connectivity index (χ2v) is 4.38. The Bertz CT molecular complexity index is 719. The van der Waals surface area contributed by atoms with Crippen LogP contribution >= 0.6 is 0 Å². The van der Waals surface area contributed by atoms with Crippen LogP contribution in [0, 0.1) is 10.1 Å². The van der Waals surface area contributed by atoms with E-state index in [0.29, 0.717) is 16.8 Å². The van der Waals surface area contributed by atoms with E-state index in [4.69, 9.17) is 0 Å². The van der Waals surface area contributed by atoms with E-state index < -0.39 is 4.92 Å². The molecular weight excluding hydrogens is 272 g/mol. The van der Waals surface area contributed by atoms with Crippen LogP contribution in [0.3, 0.4) is 0 Å². The van der Waals surface area contributed by atoms with E-state index in [2.05, 4.69) is 10.4 Å². The number of nitrogens with zero attached hydrogens (tertiary/aromatic N) is 3. The molecule has 21 heavy (non-hydrogen) atoms. The number of nitro groups is 1. The van der Waals surface area contributed by atoms with Gasteiger partial charge in [-0.2, -0.15) is 5.10 Å². The molecule has 0 amide bonds. The standard InChI is InChI=1S/C14H14N4O3/c1-15-12-5-3-10(7-13(12)18(20)21)4-6-14(19)11-8-16-17(2)9-11/h3-9,15H,1-2H3. The van der Waals surface area contributed by atoms with Crippen LogP contribution in [0.2, 0.25) is 0 Å². The molecule has 1 aromatic carbocycles. The number of nitro benzene ring substituents is 1. The molecule has 0 unspecified atom stereocenters. The van der Waals surface area contributed by atoms with Crippen molar-refractivity contribution in [2.24, 2.45) is 7.05 Å². The van der Waals surface area contributed by atoms with Gasteiger partial charge in [-0.3, -0.25) is 19.6 Å². The lowest BCUT2D eigenvalue weighted by molar-refractivity contribution is -0.383. The molecule has 1 aromatic heterocycles. The summed E-state index contributed by atoms with van der Waals surface area (Å²) in [6.07, 6.45) is 6.00. The molecule has 0 aliphatic heterocycles. The first-order valence-corrected chi connectivity index (χ1v) is 6.18. The van der Waals surface area contributed by atoms with Gasteiger partial charge in [-0.05, 0) is 17.7 Å². The Morgan fingerprint density at radius 1 is 1.48 bits per heavy atom. The van der Waals surface area contributed by atoms with Gasteiger partial charge in [-0.15, -0.1) is 0 Å². The minimum atomic E-state index is -0.466. The summed E-state index contributed by atoms with van der Waals surface area (Å²) in [6, 6.07) is 4.72. The zero-order valence-electron chi connectivity index (χ0n) is 11.6. The van der Waals surface area contributed by atoms with Crippen LogP contribution in [0.5, 0.6) is 0 Å². The molecule has 0 atom stereocenters. The van der Waals surface area contributed by atoms with Crippen molar-refractivity contribution >= 4 is 23.2 Å². The van der Waals surface area contributed by atoms with Crippen molar-refractivity contribution < 1.29 is 9.72 Å². The predicted molar refractivity (Wildman–Crippen MR) is 79.2 cm³/mol. The summed E-state index contributed by atoms with van der Waals surface area (Å²) in [4.78, 5) is 22.4. The number of anilines is 1. The number of nitrogens with one attached hydrogen (secondary N) is 1. The number of hydrogen-bond acceptors (Lipinski definition) is 5. The average Bonchev–Trinajstić information content (AvgIpc) is 2.91. The van der Waals surface area contributed by atoms with Gasteiger partial charge in [0.25, 0.3) is 5.69 Å². The second-order valence-electron chi connectivity index (χ2n) is 4.38. The van der Waals surface area contributed by atoms with Gasteiger partial charge in [0.05, 0.1) is 16.7 Å². The lowest BCUT2D eigenvalue weighted by Gasteiger charge is -2.02. The maximum atomic E-state index is 11.9. The fraction of sp³-hybridized carbons (Fsp3) is 0.143. The SMILES string of the molecule is CNc1ccc(C=CC(=O)c2cnn(C)c2)cc1[N+](=O)[O-]. The van der Waals surface area contributed by atoms with Crippen LogP contribution in [0.25, 0.3) is 6.08 Å². The Kier molecular flexibility index (Phi) is 4.13. The largest absolute Gasteiger partial charge is 0.383 e. The number of hydrogen-bond donors (Lipinski definition) is 1. The van der Waals surface area contributed by atoms with E-state index >= 15 is 0 Å². The first kappa shape index (κ1) is 14.4. The zero-order valence-corrected chi connectivity index (χ0v) is 11.6. The predicted octanol–water partition coefficient (Wildman–Crippen LogP) is 2.27. The molecule has 0 aliphatic carbocycles. The normalized spacial score (nSPS) is 10.8. The molecule has 0 spiro atoms. The van der Waals surface area contributed by atoms with Crippen molar-refractivity contribution in [1.29, 1.82) is 0 Å². The minimum Gasteiger partial charge on any atom is -0.383 e. The van der Waals surface area contributed by atoms with Gasteiger partial charge in [-0.25, -0.2) is 0 Å². The van der Waals surface area contributed by atoms with Crippen LogP contribution in [-0.4, -0.2) is 27.5 Å². The molecule has 0 fully saturated rings. The molecule has 1 N–H and O–H groups in total. The van der Waals surface area contributed by atoms with Crippen LogP contribution in [0.1, 0.15) is 15.9 Å². The maximum Gasteiger partial charge on any atom is 0.292 e. The molecule has 2 rings (SSSR count). The van der Waals surface area contributed by atoms with Crippen molar-refractivity contribution in [2.75, 3.05) is 12.4 Å². The van der Waals surface area contributed by atoms with Gasteiger partial charge in [0.1, 0.15) is 5.69 Å². The van der Waals surface area contributed by atoms with Crippen molar-refractivity contribution in [3.05, 3.63) is 57.9 Å². The van der Waals surface area contributed by atoms with Crippen LogP contribution < -0.4 is 5.32 Å². The third-order valence-electron chi connectivity index (χ3n) is 2.90. The van der Waals surface area contributed by atoms with E-state index in [0.717, 1.165) is 0 Å². The monoisotopic (exact) mass is 286 g/mol. The summed E-state index contributed by atoms with van der Waals surface area (Å²) < 4.78 is 1.54. The summed E-state index contributed by atoms with van der Waals surface area (Å²) in [5.41, 5.74) is 1.44. The van der Waals surface area contributed by atoms with Gasteiger partial charge < -0.3 is 5.32 Å². The van der Waals surface area contributed by atoms with Gasteiger partial charge in [0.15, 0.2) is 5.78 Å². The zero-order chi connectivity index (χ0) is 15.4. The van der Waals surface area contributed by atoms with Crippen LogP contribution in [0.15, 0.2) is 36.7 Å². The molecule has 0 saturated carbocycles. The number of allylic oxidation sites excluding steroid dienone is 1. The highest BCUT2D eigenvalue weighted by molar-refractivity contribution is 6.06. The molecule has 1 heterocycles. The Morgan fingerprint density at radius 2 is 2.24 bits per heavy atom. The quantitative estimate of drug-likeness (QED) is 0.394. The topological polar surface area (TPSA) is 90.1 Å². The lowest BCUT2D eigenvalue weighted by atomic mass is 10.1. The minimum absolute atomic E-state index is 0.0338. The van der Waals surface area contributed by atoms with E-state index in [1.807, 2.05) is 0 Å². The summed E-state index contributed by atoms with van der Waals surface area (Å²) in [5.74, 6) is -0.205. The lowest BCUT2D eigenvalue weighted by Crippen LogP contribution is -1.97. The summed E-state index contributed by atoms with van der Waals surface area (Å²) in [5, 5.41) is 17.6. The molecule has 0 aliphatic rings. The molecule has 7 heteroatoms. The van der Waals surface area contributed by atoms with Crippen LogP contribution in [0.4, 0.5) is 11.4 Å². The molecule has 7 nitrogen and oxygen atoms in total. The van der Waals surface area contributed by atoms with E-state index in [9.17, 15) is 14.9 Å². The Balaban J connectivity index is 2.23. The van der Waals surface area contributed by atoms with E-state index in [1.165, 1.54) is 23.0 Å². The molecular formula is C14H14N4O3. The second kappa shape index (κ2) is 6.00. The maximum absolute atomic E-state index is 11.9. The van der Waals surface area contributed by atoms with Crippen LogP contribution in [-0.2, 0) is 7.05 Å². The molecule has 2 aromatic rings. The number of carbonyl (C=O) groups excluding carboxylic acids is 1. The fourth-order valence-corrected chi connectivity index (χ4v) is 1.83. The van der Waals surface area contributed by atoms with Gasteiger partial charge in [0.2, 0.25) is 0 Å². The molecule has 0 radical (unpaired) electrons. The number of rotatable bonds is 5. The molecule has 0 saturated heterocycles. The highest BCUT2D eigenvalue weighted by Gasteiger charge is 2.12. The summed E-state index contributed by atoms with van der Waals surface area (Å²) in [7, 11) is 3.34. The number of carbonyl (C=O) groups is 1. The number of aryl methyl sites for hydroxylation is 1. The van der Waals surface area contributed by atoms with Gasteiger partial charge >= 0.3 is 0 Å². The summed E-state index contributed by atoms with van der Waals surface area (Å²) >= 11 is 0. The Hall–Kier alpha value is -2.96. The summed E-state index contributed by atoms with van der Waals surface area (Å²) in [6.45, 7) is 0. The van der Waals surface area contributed by atoms with Crippen molar-refractivity contribution in [3.8, 4) is 0 Å². The van der Waals surface area contributed by atoms with E-state index in [1.54, 1.807) is 38.5 Å². The Labute approximate surface area is 121 Å². The highest BCUT2D eigenvalue weighted by Crippen LogP contribution is 2.25. The van der Waals surface area contributed by atoms with E-state index in [-0.39, 0.29) is 11.5 Å². The smallest absolute Gasteiger partial charge is 0.292 e. The third kappa shape index (κ3) is 3.33. The molecule has 0 bridgehead atoms. The number of ketones is 1. The molecule has 108 valence electrons. The van der Waals surface area contributed by atoms with Crippen molar-refractivity contribution in [1.82, 2.24) is 9.78 Å². The van der Waals surface area contributed by atoms with Crippen molar-refractivity contribution in [2.45, 2.75) is 0 Å². The average molecular weight is 286 g/mol. The number of benzene rings is 1. The third-order valence-corrected chi connectivity index (χ3v) is 2.90.